The number of piperidine rings is 1. The predicted octanol–water partition coefficient (Wildman–Crippen LogP) is 4.47. The molecule has 1 N–H and O–H groups in total. The van der Waals surface area contributed by atoms with Crippen LogP contribution in [0, 0.1) is 24.5 Å². The van der Waals surface area contributed by atoms with Crippen molar-refractivity contribution < 1.29 is 26.5 Å². The Morgan fingerprint density at radius 3 is 2.50 bits per heavy atom. The maximum Gasteiger partial charge on any atom is 0.248 e. The lowest BCUT2D eigenvalue weighted by atomic mass is 9.97. The van der Waals surface area contributed by atoms with Crippen molar-refractivity contribution in [2.24, 2.45) is 5.92 Å². The van der Waals surface area contributed by atoms with Gasteiger partial charge in [-0.15, -0.1) is 0 Å². The van der Waals surface area contributed by atoms with E-state index in [2.05, 4.69) is 10.5 Å². The molecule has 1 aromatic heterocycles. The molecule has 0 spiro atoms. The van der Waals surface area contributed by atoms with Crippen LogP contribution in [0.4, 0.5) is 14.5 Å². The molecule has 0 radical (unpaired) electrons. The normalized spacial score (nSPS) is 15.6. The van der Waals surface area contributed by atoms with Crippen molar-refractivity contribution >= 4 is 33.8 Å². The molecule has 4 rings (SSSR count). The lowest BCUT2D eigenvalue weighted by molar-refractivity contribution is -0.120. The first kappa shape index (κ1) is 23.8. The largest absolute Gasteiger partial charge is 0.355 e. The van der Waals surface area contributed by atoms with Crippen LogP contribution in [-0.4, -0.2) is 36.9 Å². The molecule has 0 unspecified atom stereocenters. The van der Waals surface area contributed by atoms with Gasteiger partial charge in [0, 0.05) is 36.3 Å². The summed E-state index contributed by atoms with van der Waals surface area (Å²) in [6.07, 6.45) is 3.33. The molecule has 3 aromatic rings. The third-order valence-electron chi connectivity index (χ3n) is 5.67. The minimum atomic E-state index is -3.97. The van der Waals surface area contributed by atoms with E-state index in [0.29, 0.717) is 18.5 Å². The fourth-order valence-corrected chi connectivity index (χ4v) is 5.57. The highest BCUT2D eigenvalue weighted by atomic mass is 32.2. The van der Waals surface area contributed by atoms with Crippen LogP contribution in [0.15, 0.2) is 57.9 Å². The fourth-order valence-electron chi connectivity index (χ4n) is 3.85. The predicted molar refractivity (Wildman–Crippen MR) is 123 cm³/mol. The first-order valence-corrected chi connectivity index (χ1v) is 12.1. The van der Waals surface area contributed by atoms with Crippen LogP contribution in [0.3, 0.4) is 0 Å². The van der Waals surface area contributed by atoms with E-state index in [0.717, 1.165) is 12.1 Å². The number of rotatable bonds is 6. The summed E-state index contributed by atoms with van der Waals surface area (Å²) < 4.78 is 60.2. The number of sulfonamides is 1. The number of amides is 1. The van der Waals surface area contributed by atoms with Crippen molar-refractivity contribution in [3.63, 3.8) is 0 Å². The number of halogens is 2. The Labute approximate surface area is 196 Å². The number of nitrogens with zero attached hydrogens (tertiary/aromatic N) is 2. The molecule has 1 saturated heterocycles. The van der Waals surface area contributed by atoms with E-state index < -0.39 is 21.7 Å². The number of aromatic nitrogens is 1. The Morgan fingerprint density at radius 1 is 1.12 bits per heavy atom. The first-order chi connectivity index (χ1) is 16.3. The Balaban J connectivity index is 1.47. The molecule has 2 aromatic carbocycles. The fraction of sp³-hybridized carbons (Fsp3) is 0.250. The number of hydrogen-bond donors (Lipinski definition) is 1. The third kappa shape index (κ3) is 5.07. The topological polar surface area (TPSA) is 92.5 Å². The highest BCUT2D eigenvalue weighted by Gasteiger charge is 2.36. The maximum absolute atomic E-state index is 13.9. The summed E-state index contributed by atoms with van der Waals surface area (Å²) in [6.45, 7) is 1.83. The average Bonchev–Trinajstić information content (AvgIpc) is 3.20. The summed E-state index contributed by atoms with van der Waals surface area (Å²) in [5.41, 5.74) is 0.934. The lowest BCUT2D eigenvalue weighted by Crippen LogP contribution is -2.41. The van der Waals surface area contributed by atoms with Crippen LogP contribution in [0.2, 0.25) is 0 Å². The molecule has 1 fully saturated rings. The summed E-state index contributed by atoms with van der Waals surface area (Å²) >= 11 is 0. The van der Waals surface area contributed by atoms with Crippen molar-refractivity contribution in [1.82, 2.24) is 9.46 Å². The monoisotopic (exact) mass is 487 g/mol. The summed E-state index contributed by atoms with van der Waals surface area (Å²) in [4.78, 5) is 12.4. The second-order valence-electron chi connectivity index (χ2n) is 7.99. The van der Waals surface area contributed by atoms with Gasteiger partial charge in [-0.2, -0.15) is 4.31 Å². The van der Waals surface area contributed by atoms with Gasteiger partial charge in [-0.1, -0.05) is 23.4 Å². The van der Waals surface area contributed by atoms with Gasteiger partial charge in [0.1, 0.15) is 17.3 Å². The molecule has 0 saturated carbocycles. The van der Waals surface area contributed by atoms with Gasteiger partial charge in [-0.25, -0.2) is 17.2 Å². The Hall–Kier alpha value is -3.37. The number of benzene rings is 2. The molecular formula is C24H23F2N3O4S. The molecule has 1 aliphatic heterocycles. The standard InChI is InChI=1S/C24H23F2N3O4S/c1-16-23(22(33-28-16)10-8-17-7-9-19(25)15-21(17)26)34(31,32)29-13-11-18(12-14-29)24(30)27-20-5-3-2-4-6-20/h2-10,15,18H,11-14H2,1H3,(H,27,30). The molecule has 10 heteroatoms. The second kappa shape index (κ2) is 9.86. The Kier molecular flexibility index (Phi) is 6.90. The molecule has 0 aliphatic carbocycles. The molecule has 0 atom stereocenters. The van der Waals surface area contributed by atoms with Crippen LogP contribution in [0.1, 0.15) is 29.9 Å². The number of aryl methyl sites for hydroxylation is 1. The van der Waals surface area contributed by atoms with Gasteiger partial charge >= 0.3 is 0 Å². The van der Waals surface area contributed by atoms with Gasteiger partial charge in [0.05, 0.1) is 0 Å². The van der Waals surface area contributed by atoms with E-state index in [9.17, 15) is 22.0 Å². The van der Waals surface area contributed by atoms with E-state index in [1.807, 2.05) is 18.2 Å². The van der Waals surface area contributed by atoms with Gasteiger partial charge < -0.3 is 9.84 Å². The molecule has 2 heterocycles. The molecule has 1 amide bonds. The van der Waals surface area contributed by atoms with Crippen LogP contribution >= 0.6 is 0 Å². The Bertz CT molecular complexity index is 1320. The van der Waals surface area contributed by atoms with Gasteiger partial charge in [0.25, 0.3) is 0 Å². The third-order valence-corrected chi connectivity index (χ3v) is 7.73. The maximum atomic E-state index is 13.9. The number of anilines is 1. The van der Waals surface area contributed by atoms with Crippen molar-refractivity contribution in [2.45, 2.75) is 24.7 Å². The number of hydrogen-bond acceptors (Lipinski definition) is 5. The SMILES string of the molecule is Cc1noc(C=Cc2ccc(F)cc2F)c1S(=O)(=O)N1CCC(C(=O)Nc2ccccc2)CC1. The lowest BCUT2D eigenvalue weighted by Gasteiger charge is -2.30. The summed E-state index contributed by atoms with van der Waals surface area (Å²) in [7, 11) is -3.97. The van der Waals surface area contributed by atoms with Crippen molar-refractivity contribution in [3.05, 3.63) is 77.2 Å². The first-order valence-electron chi connectivity index (χ1n) is 10.7. The number of carbonyl (C=O) groups is 1. The molecule has 1 aliphatic rings. The van der Waals surface area contributed by atoms with E-state index in [4.69, 9.17) is 4.52 Å². The van der Waals surface area contributed by atoms with Crippen molar-refractivity contribution in [1.29, 1.82) is 0 Å². The molecule has 34 heavy (non-hydrogen) atoms. The van der Waals surface area contributed by atoms with E-state index in [1.54, 1.807) is 12.1 Å². The minimum Gasteiger partial charge on any atom is -0.355 e. The van der Waals surface area contributed by atoms with Gasteiger partial charge in [-0.05, 0) is 56.2 Å². The highest BCUT2D eigenvalue weighted by molar-refractivity contribution is 7.89. The molecular weight excluding hydrogens is 464 g/mol. The zero-order valence-electron chi connectivity index (χ0n) is 18.4. The number of nitrogens with one attached hydrogen (secondary N) is 1. The van der Waals surface area contributed by atoms with E-state index in [-0.39, 0.29) is 46.8 Å². The quantitative estimate of drug-likeness (QED) is 0.554. The van der Waals surface area contributed by atoms with Crippen molar-refractivity contribution in [3.8, 4) is 0 Å². The summed E-state index contributed by atoms with van der Waals surface area (Å²) in [6, 6.07) is 12.2. The Morgan fingerprint density at radius 2 is 1.82 bits per heavy atom. The molecule has 178 valence electrons. The summed E-state index contributed by atoms with van der Waals surface area (Å²) in [5.74, 6) is -2.00. The van der Waals surface area contributed by atoms with Gasteiger partial charge in [0.15, 0.2) is 10.7 Å². The van der Waals surface area contributed by atoms with E-state index >= 15 is 0 Å². The van der Waals surface area contributed by atoms with Crippen LogP contribution < -0.4 is 5.32 Å². The number of para-hydroxylation sites is 1. The molecule has 0 bridgehead atoms. The van der Waals surface area contributed by atoms with E-state index in [1.165, 1.54) is 29.4 Å². The smallest absolute Gasteiger partial charge is 0.248 e. The zero-order valence-corrected chi connectivity index (χ0v) is 19.2. The van der Waals surface area contributed by atoms with Gasteiger partial charge in [-0.3, -0.25) is 4.79 Å². The second-order valence-corrected chi connectivity index (χ2v) is 9.87. The average molecular weight is 488 g/mol. The zero-order chi connectivity index (χ0) is 24.3. The van der Waals surface area contributed by atoms with Crippen molar-refractivity contribution in [2.75, 3.05) is 18.4 Å². The minimum absolute atomic E-state index is 0.0508. The highest BCUT2D eigenvalue weighted by Crippen LogP contribution is 2.30. The van der Waals surface area contributed by atoms with Crippen LogP contribution in [-0.2, 0) is 14.8 Å². The van der Waals surface area contributed by atoms with Crippen LogP contribution in [0.5, 0.6) is 0 Å². The van der Waals surface area contributed by atoms with Gasteiger partial charge in [0.2, 0.25) is 15.9 Å². The van der Waals surface area contributed by atoms with Crippen LogP contribution in [0.25, 0.3) is 12.2 Å². The molecule has 7 nitrogen and oxygen atoms in total. The summed E-state index contributed by atoms with van der Waals surface area (Å²) in [5, 5.41) is 6.62. The number of carbonyl (C=O) groups excluding carboxylic acids is 1.